The molecule has 1 aliphatic carbocycles. The third-order valence-electron chi connectivity index (χ3n) is 4.07. The Hall–Kier alpha value is -2.06. The van der Waals surface area contributed by atoms with Gasteiger partial charge in [0.25, 0.3) is 5.91 Å². The molecule has 0 heterocycles. The molecule has 5 heteroatoms. The molecular formula is C18H24N2O3. The monoisotopic (exact) mass is 316 g/mol. The molecule has 1 amide bonds. The van der Waals surface area contributed by atoms with Gasteiger partial charge in [0, 0.05) is 12.3 Å². The number of benzene rings is 1. The molecule has 1 saturated carbocycles. The van der Waals surface area contributed by atoms with E-state index >= 15 is 0 Å². The fourth-order valence-electron chi connectivity index (χ4n) is 2.59. The molecule has 1 N–H and O–H groups in total. The molecule has 1 aromatic carbocycles. The maximum absolute atomic E-state index is 12.6. The highest BCUT2D eigenvalue weighted by Gasteiger charge is 2.48. The largest absolute Gasteiger partial charge is 0.492 e. The predicted molar refractivity (Wildman–Crippen MR) is 88.3 cm³/mol. The molecule has 0 aliphatic heterocycles. The molecule has 1 atom stereocenters. The summed E-state index contributed by atoms with van der Waals surface area (Å²) in [6, 6.07) is 7.22. The number of nitriles is 1. The normalized spacial score (nSPS) is 16.3. The molecule has 0 aromatic heterocycles. The van der Waals surface area contributed by atoms with Crippen LogP contribution >= 0.6 is 0 Å². The van der Waals surface area contributed by atoms with Gasteiger partial charge in [-0.05, 0) is 57.2 Å². The van der Waals surface area contributed by atoms with Crippen molar-refractivity contribution in [2.24, 2.45) is 5.92 Å². The third-order valence-corrected chi connectivity index (χ3v) is 4.07. The summed E-state index contributed by atoms with van der Waals surface area (Å²) in [5, 5.41) is 12.1. The molecule has 0 spiro atoms. The van der Waals surface area contributed by atoms with Crippen molar-refractivity contribution in [2.75, 3.05) is 18.5 Å². The molecular weight excluding hydrogens is 292 g/mol. The Labute approximate surface area is 137 Å². The first-order chi connectivity index (χ1) is 11.0. The van der Waals surface area contributed by atoms with Crippen LogP contribution in [0.3, 0.4) is 0 Å². The van der Waals surface area contributed by atoms with E-state index in [4.69, 9.17) is 9.47 Å². The van der Waals surface area contributed by atoms with Crippen molar-refractivity contribution in [1.29, 1.82) is 5.26 Å². The quantitative estimate of drug-likeness (QED) is 0.797. The number of anilines is 1. The standard InChI is InChI=1S/C18H24N2O3/c1-4-10-22-16-9-8-15(11-13(16)12-19)20-17(21)18(3,23-5-2)14-6-7-14/h8-9,11,14H,4-7,10H2,1-3H3,(H,20,21)/t18-/m1/s1. The zero-order valence-corrected chi connectivity index (χ0v) is 14.0. The summed E-state index contributed by atoms with van der Waals surface area (Å²) in [4.78, 5) is 12.6. The van der Waals surface area contributed by atoms with E-state index in [1.807, 2.05) is 20.8 Å². The Balaban J connectivity index is 2.13. The number of amides is 1. The molecule has 23 heavy (non-hydrogen) atoms. The molecule has 5 nitrogen and oxygen atoms in total. The lowest BCUT2D eigenvalue weighted by Gasteiger charge is -2.28. The summed E-state index contributed by atoms with van der Waals surface area (Å²) >= 11 is 0. The maximum Gasteiger partial charge on any atom is 0.256 e. The maximum atomic E-state index is 12.6. The minimum absolute atomic E-state index is 0.159. The predicted octanol–water partition coefficient (Wildman–Crippen LogP) is 3.49. The Morgan fingerprint density at radius 3 is 2.74 bits per heavy atom. The molecule has 124 valence electrons. The zero-order chi connectivity index (χ0) is 16.9. The lowest BCUT2D eigenvalue weighted by molar-refractivity contribution is -0.141. The first-order valence-corrected chi connectivity index (χ1v) is 8.17. The molecule has 0 bridgehead atoms. The number of rotatable bonds is 8. The van der Waals surface area contributed by atoms with E-state index in [9.17, 15) is 10.1 Å². The number of hydrogen-bond acceptors (Lipinski definition) is 4. The highest BCUT2D eigenvalue weighted by molar-refractivity contribution is 5.97. The van der Waals surface area contributed by atoms with E-state index in [-0.39, 0.29) is 11.8 Å². The first-order valence-electron chi connectivity index (χ1n) is 8.17. The molecule has 1 fully saturated rings. The Morgan fingerprint density at radius 1 is 1.43 bits per heavy atom. The summed E-state index contributed by atoms with van der Waals surface area (Å²) in [6.45, 7) is 6.79. The molecule has 0 saturated heterocycles. The van der Waals surface area contributed by atoms with Gasteiger partial charge >= 0.3 is 0 Å². The third kappa shape index (κ3) is 4.02. The summed E-state index contributed by atoms with van der Waals surface area (Å²) in [6.07, 6.45) is 2.89. The van der Waals surface area contributed by atoms with Crippen molar-refractivity contribution >= 4 is 11.6 Å². The van der Waals surface area contributed by atoms with Crippen molar-refractivity contribution in [3.63, 3.8) is 0 Å². The van der Waals surface area contributed by atoms with Crippen LogP contribution < -0.4 is 10.1 Å². The van der Waals surface area contributed by atoms with Crippen molar-refractivity contribution in [3.05, 3.63) is 23.8 Å². The van der Waals surface area contributed by atoms with Crippen LogP contribution in [0.15, 0.2) is 18.2 Å². The minimum Gasteiger partial charge on any atom is -0.492 e. The van der Waals surface area contributed by atoms with E-state index in [1.165, 1.54) is 0 Å². The lowest BCUT2D eigenvalue weighted by Crippen LogP contribution is -2.44. The number of nitrogens with zero attached hydrogens (tertiary/aromatic N) is 1. The van der Waals surface area contributed by atoms with Crippen LogP contribution in [0.2, 0.25) is 0 Å². The Bertz CT molecular complexity index is 605. The Kier molecular flexibility index (Phi) is 5.62. The van der Waals surface area contributed by atoms with Crippen molar-refractivity contribution in [1.82, 2.24) is 0 Å². The summed E-state index contributed by atoms with van der Waals surface area (Å²) < 4.78 is 11.3. The van der Waals surface area contributed by atoms with Crippen LogP contribution in [0.25, 0.3) is 0 Å². The summed E-state index contributed by atoms with van der Waals surface area (Å²) in [5.41, 5.74) is 0.196. The van der Waals surface area contributed by atoms with Crippen molar-refractivity contribution in [2.45, 2.75) is 45.6 Å². The minimum atomic E-state index is -0.807. The second kappa shape index (κ2) is 7.47. The van der Waals surface area contributed by atoms with Gasteiger partial charge in [-0.15, -0.1) is 0 Å². The van der Waals surface area contributed by atoms with Crippen LogP contribution in [0.4, 0.5) is 5.69 Å². The van der Waals surface area contributed by atoms with Gasteiger partial charge in [0.1, 0.15) is 17.4 Å². The van der Waals surface area contributed by atoms with Gasteiger partial charge in [0.15, 0.2) is 0 Å². The fraction of sp³-hybridized carbons (Fsp3) is 0.556. The van der Waals surface area contributed by atoms with Gasteiger partial charge in [0.2, 0.25) is 0 Å². The SMILES string of the molecule is CCCOc1ccc(NC(=O)[C@](C)(OCC)C2CC2)cc1C#N. The van der Waals surface area contributed by atoms with E-state index in [2.05, 4.69) is 11.4 Å². The van der Waals surface area contributed by atoms with Crippen LogP contribution in [0, 0.1) is 17.2 Å². The van der Waals surface area contributed by atoms with E-state index in [1.54, 1.807) is 18.2 Å². The van der Waals surface area contributed by atoms with Crippen molar-refractivity contribution in [3.8, 4) is 11.8 Å². The van der Waals surface area contributed by atoms with Gasteiger partial charge in [-0.1, -0.05) is 6.92 Å². The van der Waals surface area contributed by atoms with E-state index < -0.39 is 5.60 Å². The number of carbonyl (C=O) groups excluding carboxylic acids is 1. The number of hydrogen-bond donors (Lipinski definition) is 1. The molecule has 1 aromatic rings. The second-order valence-electron chi connectivity index (χ2n) is 5.94. The number of nitrogens with one attached hydrogen (secondary N) is 1. The summed E-state index contributed by atoms with van der Waals surface area (Å²) in [5.74, 6) is 0.653. The smallest absolute Gasteiger partial charge is 0.256 e. The Morgan fingerprint density at radius 2 is 2.17 bits per heavy atom. The molecule has 0 radical (unpaired) electrons. The zero-order valence-electron chi connectivity index (χ0n) is 14.0. The number of carbonyl (C=O) groups is 1. The van der Waals surface area contributed by atoms with Gasteiger partial charge in [-0.25, -0.2) is 0 Å². The van der Waals surface area contributed by atoms with E-state index in [0.717, 1.165) is 19.3 Å². The molecule has 2 rings (SSSR count). The number of ether oxygens (including phenoxy) is 2. The van der Waals surface area contributed by atoms with Crippen LogP contribution in [0.1, 0.15) is 45.6 Å². The van der Waals surface area contributed by atoms with Crippen LogP contribution in [0.5, 0.6) is 5.75 Å². The van der Waals surface area contributed by atoms with Crippen molar-refractivity contribution < 1.29 is 14.3 Å². The second-order valence-corrected chi connectivity index (χ2v) is 5.94. The summed E-state index contributed by atoms with van der Waals surface area (Å²) in [7, 11) is 0. The average Bonchev–Trinajstić information content (AvgIpc) is 3.38. The van der Waals surface area contributed by atoms with Crippen LogP contribution in [-0.4, -0.2) is 24.7 Å². The lowest BCUT2D eigenvalue weighted by atomic mass is 9.98. The average molecular weight is 316 g/mol. The van der Waals surface area contributed by atoms with Gasteiger partial charge < -0.3 is 14.8 Å². The van der Waals surface area contributed by atoms with Gasteiger partial charge in [-0.2, -0.15) is 5.26 Å². The first kappa shape index (κ1) is 17.3. The highest BCUT2D eigenvalue weighted by Crippen LogP contribution is 2.42. The van der Waals surface area contributed by atoms with Gasteiger partial charge in [-0.3, -0.25) is 4.79 Å². The fourth-order valence-corrected chi connectivity index (χ4v) is 2.59. The molecule has 0 unspecified atom stereocenters. The van der Waals surface area contributed by atoms with Gasteiger partial charge in [0.05, 0.1) is 12.2 Å². The molecule has 1 aliphatic rings. The highest BCUT2D eigenvalue weighted by atomic mass is 16.5. The van der Waals surface area contributed by atoms with Crippen LogP contribution in [-0.2, 0) is 9.53 Å². The topological polar surface area (TPSA) is 71.3 Å². The van der Waals surface area contributed by atoms with E-state index in [0.29, 0.717) is 30.2 Å².